The van der Waals surface area contributed by atoms with E-state index >= 15 is 0 Å². The summed E-state index contributed by atoms with van der Waals surface area (Å²) < 4.78 is 0.986. The minimum absolute atomic E-state index is 0.00139. The molecule has 1 amide bonds. The summed E-state index contributed by atoms with van der Waals surface area (Å²) in [4.78, 5) is 24.2. The Morgan fingerprint density at radius 3 is 2.77 bits per heavy atom. The van der Waals surface area contributed by atoms with Gasteiger partial charge in [-0.2, -0.15) is 5.26 Å². The number of halogens is 1. The maximum Gasteiger partial charge on any atom is 0.270 e. The summed E-state index contributed by atoms with van der Waals surface area (Å²) in [6, 6.07) is 13.5. The molecule has 2 aromatic heterocycles. The van der Waals surface area contributed by atoms with Gasteiger partial charge in [-0.25, -0.2) is 4.98 Å². The molecule has 0 aliphatic carbocycles. The zero-order valence-corrected chi connectivity index (χ0v) is 15.5. The molecule has 7 heteroatoms. The quantitative estimate of drug-likeness (QED) is 0.704. The van der Waals surface area contributed by atoms with Crippen molar-refractivity contribution in [2.75, 3.05) is 31.1 Å². The van der Waals surface area contributed by atoms with E-state index in [1.54, 1.807) is 18.3 Å². The summed E-state index contributed by atoms with van der Waals surface area (Å²) in [6.07, 6.45) is 1.69. The number of anilines is 1. The van der Waals surface area contributed by atoms with Crippen molar-refractivity contribution in [3.05, 3.63) is 58.3 Å². The highest BCUT2D eigenvalue weighted by Crippen LogP contribution is 2.22. The predicted molar refractivity (Wildman–Crippen MR) is 103 cm³/mol. The summed E-state index contributed by atoms with van der Waals surface area (Å²) in [5.41, 5.74) is 2.11. The van der Waals surface area contributed by atoms with Crippen LogP contribution in [-0.2, 0) is 0 Å². The number of hydrogen-bond donors (Lipinski definition) is 1. The number of aromatic amines is 1. The molecule has 3 aromatic rings. The molecule has 130 valence electrons. The average molecular weight is 410 g/mol. The van der Waals surface area contributed by atoms with Crippen LogP contribution in [0, 0.1) is 11.3 Å². The molecule has 1 aliphatic rings. The monoisotopic (exact) mass is 409 g/mol. The largest absolute Gasteiger partial charge is 0.352 e. The number of pyridine rings is 1. The Morgan fingerprint density at radius 2 is 2.00 bits per heavy atom. The van der Waals surface area contributed by atoms with E-state index in [-0.39, 0.29) is 5.91 Å². The standard InChI is InChI=1S/C19H16BrN5O/c20-15-3-4-16-14(10-15)11-17(23-16)19(26)25-8-6-24(7-9-25)18-13(12-21)2-1-5-22-18/h1-5,10-11,23H,6-9H2. The first-order chi connectivity index (χ1) is 12.7. The van der Waals surface area contributed by atoms with E-state index in [4.69, 9.17) is 0 Å². The van der Waals surface area contributed by atoms with Crippen molar-refractivity contribution >= 4 is 38.6 Å². The van der Waals surface area contributed by atoms with Crippen LogP contribution in [0.5, 0.6) is 0 Å². The Kier molecular flexibility index (Phi) is 4.35. The maximum absolute atomic E-state index is 12.8. The minimum atomic E-state index is -0.00139. The Balaban J connectivity index is 1.48. The van der Waals surface area contributed by atoms with Crippen LogP contribution in [0.25, 0.3) is 10.9 Å². The van der Waals surface area contributed by atoms with Crippen LogP contribution in [-0.4, -0.2) is 47.0 Å². The maximum atomic E-state index is 12.8. The van der Waals surface area contributed by atoms with Crippen LogP contribution in [0.15, 0.2) is 47.1 Å². The Labute approximate surface area is 159 Å². The number of aromatic nitrogens is 2. The van der Waals surface area contributed by atoms with Crippen molar-refractivity contribution in [3.8, 4) is 6.07 Å². The highest BCUT2D eigenvalue weighted by molar-refractivity contribution is 9.10. The van der Waals surface area contributed by atoms with Gasteiger partial charge in [0.1, 0.15) is 17.6 Å². The molecule has 0 unspecified atom stereocenters. The van der Waals surface area contributed by atoms with E-state index in [0.717, 1.165) is 15.4 Å². The van der Waals surface area contributed by atoms with Gasteiger partial charge in [-0.3, -0.25) is 4.79 Å². The van der Waals surface area contributed by atoms with Crippen molar-refractivity contribution in [2.45, 2.75) is 0 Å². The molecule has 0 saturated carbocycles. The van der Waals surface area contributed by atoms with Crippen molar-refractivity contribution in [1.29, 1.82) is 5.26 Å². The first-order valence-electron chi connectivity index (χ1n) is 8.33. The number of H-pyrrole nitrogens is 1. The highest BCUT2D eigenvalue weighted by Gasteiger charge is 2.25. The molecular weight excluding hydrogens is 394 g/mol. The van der Waals surface area contributed by atoms with Gasteiger partial charge in [-0.05, 0) is 36.4 Å². The van der Waals surface area contributed by atoms with E-state index in [1.807, 2.05) is 29.2 Å². The summed E-state index contributed by atoms with van der Waals surface area (Å²) in [5, 5.41) is 10.2. The van der Waals surface area contributed by atoms with E-state index in [1.165, 1.54) is 0 Å². The van der Waals surface area contributed by atoms with Crippen LogP contribution in [0.2, 0.25) is 0 Å². The van der Waals surface area contributed by atoms with Gasteiger partial charge in [-0.1, -0.05) is 15.9 Å². The normalized spacial score (nSPS) is 14.5. The summed E-state index contributed by atoms with van der Waals surface area (Å²) in [5.74, 6) is 0.691. The van der Waals surface area contributed by atoms with Crippen LogP contribution in [0.3, 0.4) is 0 Å². The lowest BCUT2D eigenvalue weighted by Crippen LogP contribution is -2.49. The number of nitrogens with one attached hydrogen (secondary N) is 1. The zero-order chi connectivity index (χ0) is 18.1. The van der Waals surface area contributed by atoms with Crippen molar-refractivity contribution in [1.82, 2.24) is 14.9 Å². The second-order valence-corrected chi connectivity index (χ2v) is 7.10. The van der Waals surface area contributed by atoms with E-state index < -0.39 is 0 Å². The van der Waals surface area contributed by atoms with E-state index in [2.05, 4.69) is 36.9 Å². The molecule has 0 radical (unpaired) electrons. The first kappa shape index (κ1) is 16.6. The molecule has 4 rings (SSSR count). The van der Waals surface area contributed by atoms with E-state index in [9.17, 15) is 10.1 Å². The fourth-order valence-electron chi connectivity index (χ4n) is 3.25. The van der Waals surface area contributed by atoms with Gasteiger partial charge in [0.25, 0.3) is 5.91 Å². The van der Waals surface area contributed by atoms with Gasteiger partial charge >= 0.3 is 0 Å². The minimum Gasteiger partial charge on any atom is -0.352 e. The number of benzene rings is 1. The smallest absolute Gasteiger partial charge is 0.270 e. The first-order valence-corrected chi connectivity index (χ1v) is 9.12. The predicted octanol–water partition coefficient (Wildman–Crippen LogP) is 3.16. The van der Waals surface area contributed by atoms with Crippen molar-refractivity contribution < 1.29 is 4.79 Å². The molecule has 1 aromatic carbocycles. The van der Waals surface area contributed by atoms with Crippen molar-refractivity contribution in [2.24, 2.45) is 0 Å². The highest BCUT2D eigenvalue weighted by atomic mass is 79.9. The van der Waals surface area contributed by atoms with Gasteiger partial charge in [0.15, 0.2) is 0 Å². The Morgan fingerprint density at radius 1 is 1.19 bits per heavy atom. The van der Waals surface area contributed by atoms with Gasteiger partial charge in [0, 0.05) is 47.8 Å². The number of carbonyl (C=O) groups is 1. The fraction of sp³-hybridized carbons (Fsp3) is 0.211. The molecule has 6 nitrogen and oxygen atoms in total. The molecule has 0 atom stereocenters. The van der Waals surface area contributed by atoms with Gasteiger partial charge < -0.3 is 14.8 Å². The number of carbonyl (C=O) groups excluding carboxylic acids is 1. The Hall–Kier alpha value is -2.85. The second-order valence-electron chi connectivity index (χ2n) is 6.18. The fourth-order valence-corrected chi connectivity index (χ4v) is 3.63. The molecule has 0 bridgehead atoms. The van der Waals surface area contributed by atoms with Gasteiger partial charge in [0.2, 0.25) is 0 Å². The molecule has 3 heterocycles. The third-order valence-corrected chi connectivity index (χ3v) is 5.08. The van der Waals surface area contributed by atoms with Crippen molar-refractivity contribution in [3.63, 3.8) is 0 Å². The molecule has 1 fully saturated rings. The van der Waals surface area contributed by atoms with E-state index in [0.29, 0.717) is 43.3 Å². The molecular formula is C19H16BrN5O. The zero-order valence-electron chi connectivity index (χ0n) is 13.9. The molecule has 1 saturated heterocycles. The summed E-state index contributed by atoms with van der Waals surface area (Å²) in [7, 11) is 0. The molecule has 0 spiro atoms. The lowest BCUT2D eigenvalue weighted by molar-refractivity contribution is 0.0741. The summed E-state index contributed by atoms with van der Waals surface area (Å²) >= 11 is 3.45. The van der Waals surface area contributed by atoms with Crippen LogP contribution < -0.4 is 4.90 Å². The van der Waals surface area contributed by atoms with Crippen LogP contribution in [0.4, 0.5) is 5.82 Å². The third kappa shape index (κ3) is 3.04. The average Bonchev–Trinajstić information content (AvgIpc) is 3.10. The number of nitrogens with zero attached hydrogens (tertiary/aromatic N) is 4. The lowest BCUT2D eigenvalue weighted by atomic mass is 10.2. The van der Waals surface area contributed by atoms with Gasteiger partial charge in [-0.15, -0.1) is 0 Å². The number of amides is 1. The number of hydrogen-bond acceptors (Lipinski definition) is 4. The SMILES string of the molecule is N#Cc1cccnc1N1CCN(C(=O)c2cc3cc(Br)ccc3[nH]2)CC1. The molecule has 1 N–H and O–H groups in total. The van der Waals surface area contributed by atoms with Gasteiger partial charge in [0.05, 0.1) is 5.56 Å². The lowest BCUT2D eigenvalue weighted by Gasteiger charge is -2.35. The number of rotatable bonds is 2. The van der Waals surface area contributed by atoms with Crippen LogP contribution in [0.1, 0.15) is 16.1 Å². The van der Waals surface area contributed by atoms with Crippen LogP contribution >= 0.6 is 15.9 Å². The number of fused-ring (bicyclic) bond motifs is 1. The Bertz CT molecular complexity index is 1010. The molecule has 1 aliphatic heterocycles. The second kappa shape index (κ2) is 6.81. The topological polar surface area (TPSA) is 76.0 Å². The summed E-state index contributed by atoms with van der Waals surface area (Å²) in [6.45, 7) is 2.51. The number of nitriles is 1. The number of piperazine rings is 1. The molecule has 26 heavy (non-hydrogen) atoms. The third-order valence-electron chi connectivity index (χ3n) is 4.59.